The van der Waals surface area contributed by atoms with Gasteiger partial charge in [-0.25, -0.2) is 9.37 Å². The Morgan fingerprint density at radius 2 is 1.65 bits per heavy atom. The van der Waals surface area contributed by atoms with Crippen LogP contribution in [0.3, 0.4) is 0 Å². The summed E-state index contributed by atoms with van der Waals surface area (Å²) >= 11 is 0. The smallest absolute Gasteiger partial charge is 0.271 e. The van der Waals surface area contributed by atoms with Crippen molar-refractivity contribution in [1.29, 1.82) is 0 Å². The maximum Gasteiger partial charge on any atom is 0.271 e. The van der Waals surface area contributed by atoms with Gasteiger partial charge in [0.15, 0.2) is 0 Å². The van der Waals surface area contributed by atoms with Crippen LogP contribution in [0.4, 0.5) is 15.8 Å². The number of aromatic nitrogens is 2. The van der Waals surface area contributed by atoms with E-state index < -0.39 is 23.2 Å². The predicted molar refractivity (Wildman–Crippen MR) is 128 cm³/mol. The van der Waals surface area contributed by atoms with Gasteiger partial charge in [0.25, 0.3) is 11.8 Å². The quantitative estimate of drug-likeness (QED) is 0.398. The zero-order valence-corrected chi connectivity index (χ0v) is 18.2. The molecule has 34 heavy (non-hydrogen) atoms. The van der Waals surface area contributed by atoms with Crippen LogP contribution in [0.15, 0.2) is 85.1 Å². The van der Waals surface area contributed by atoms with Crippen molar-refractivity contribution >= 4 is 45.0 Å². The maximum absolute atomic E-state index is 14.6. The number of benzene rings is 3. The summed E-state index contributed by atoms with van der Waals surface area (Å²) < 4.78 is 14.6. The first kappa shape index (κ1) is 20.1. The second-order valence-corrected chi connectivity index (χ2v) is 8.47. The average molecular weight is 450 g/mol. The lowest BCUT2D eigenvalue weighted by Crippen LogP contribution is -2.50. The van der Waals surface area contributed by atoms with E-state index in [0.29, 0.717) is 11.3 Å². The topological polar surface area (TPSA) is 78.1 Å². The first-order valence-electron chi connectivity index (χ1n) is 10.8. The van der Waals surface area contributed by atoms with E-state index in [1.807, 2.05) is 24.3 Å². The number of fused-ring (bicyclic) bond motifs is 4. The number of H-pyrrole nitrogens is 1. The van der Waals surface area contributed by atoms with Gasteiger partial charge in [0.05, 0.1) is 23.1 Å². The highest BCUT2D eigenvalue weighted by molar-refractivity contribution is 6.15. The van der Waals surface area contributed by atoms with Crippen LogP contribution >= 0.6 is 0 Å². The third-order valence-electron chi connectivity index (χ3n) is 6.39. The minimum atomic E-state index is -1.40. The Balaban J connectivity index is 1.41. The van der Waals surface area contributed by atoms with Gasteiger partial charge in [0.1, 0.15) is 17.1 Å². The largest absolute Gasteiger partial charge is 0.353 e. The molecule has 2 N–H and O–H groups in total. The molecule has 166 valence electrons. The molecule has 0 radical (unpaired) electrons. The van der Waals surface area contributed by atoms with Crippen LogP contribution in [0.2, 0.25) is 0 Å². The molecule has 0 spiro atoms. The molecule has 0 fully saturated rings. The van der Waals surface area contributed by atoms with Crippen LogP contribution in [0, 0.1) is 5.82 Å². The summed E-state index contributed by atoms with van der Waals surface area (Å²) in [6.45, 7) is 1.64. The van der Waals surface area contributed by atoms with Crippen LogP contribution in [-0.2, 0) is 10.3 Å². The Bertz CT molecular complexity index is 1630. The van der Waals surface area contributed by atoms with Crippen molar-refractivity contribution in [1.82, 2.24) is 15.3 Å². The minimum Gasteiger partial charge on any atom is -0.353 e. The number of amides is 2. The molecule has 3 aromatic carbocycles. The Morgan fingerprint density at radius 1 is 0.941 bits per heavy atom. The average Bonchev–Trinajstić information content (AvgIpc) is 3.32. The van der Waals surface area contributed by atoms with Crippen molar-refractivity contribution in [3.05, 3.63) is 102 Å². The number of pyridine rings is 1. The number of hydrogen-bond donors (Lipinski definition) is 2. The van der Waals surface area contributed by atoms with Crippen LogP contribution in [0.25, 0.3) is 21.8 Å². The summed E-state index contributed by atoms with van der Waals surface area (Å²) in [6, 6.07) is 22.7. The molecule has 2 aromatic heterocycles. The molecule has 7 heteroatoms. The Morgan fingerprint density at radius 3 is 2.47 bits per heavy atom. The number of halogens is 1. The summed E-state index contributed by atoms with van der Waals surface area (Å²) in [6.07, 6.45) is 1.61. The van der Waals surface area contributed by atoms with E-state index in [0.717, 1.165) is 21.8 Å². The number of carbonyl (C=O) groups is 2. The van der Waals surface area contributed by atoms with E-state index in [4.69, 9.17) is 0 Å². The van der Waals surface area contributed by atoms with Gasteiger partial charge in [-0.05, 0) is 37.3 Å². The summed E-state index contributed by atoms with van der Waals surface area (Å²) in [7, 11) is 0. The van der Waals surface area contributed by atoms with Gasteiger partial charge in [-0.1, -0.05) is 48.5 Å². The second kappa shape index (κ2) is 7.25. The molecule has 0 saturated heterocycles. The first-order valence-corrected chi connectivity index (χ1v) is 10.8. The number of rotatable bonds is 3. The molecule has 6 rings (SSSR count). The fourth-order valence-corrected chi connectivity index (χ4v) is 4.70. The molecule has 0 bridgehead atoms. The SMILES string of the molecule is C[C@@]1(NC(=O)c2cc3c(cn2)[nH]c2ccccc23)C(=O)N(c2ccccc2F)c2ccccc21. The molecule has 0 unspecified atom stereocenters. The minimum absolute atomic E-state index is 0.135. The van der Waals surface area contributed by atoms with E-state index in [1.165, 1.54) is 11.0 Å². The predicted octanol–water partition coefficient (Wildman–Crippen LogP) is 5.18. The Labute approximate surface area is 194 Å². The normalized spacial score (nSPS) is 17.4. The lowest BCUT2D eigenvalue weighted by atomic mass is 9.93. The molecule has 5 aromatic rings. The monoisotopic (exact) mass is 450 g/mol. The number of aromatic amines is 1. The van der Waals surface area contributed by atoms with Gasteiger partial charge < -0.3 is 10.3 Å². The summed E-state index contributed by atoms with van der Waals surface area (Å²) in [4.78, 5) is 35.9. The molecule has 1 aliphatic rings. The van der Waals surface area contributed by atoms with Gasteiger partial charge in [0, 0.05) is 21.9 Å². The van der Waals surface area contributed by atoms with E-state index in [-0.39, 0.29) is 11.4 Å². The summed E-state index contributed by atoms with van der Waals surface area (Å²) in [5, 5.41) is 4.72. The van der Waals surface area contributed by atoms with E-state index in [2.05, 4.69) is 15.3 Å². The number of carbonyl (C=O) groups excluding carboxylic acids is 2. The van der Waals surface area contributed by atoms with Gasteiger partial charge in [-0.3, -0.25) is 14.5 Å². The standard InChI is InChI=1S/C27H19FN4O2/c1-27(18-9-3-6-12-23(18)32(26(27)34)24-13-7-4-10-19(24)28)31-25(33)21-14-17-16-8-2-5-11-20(16)30-22(17)15-29-21/h2-15,30H,1H3,(H,31,33)/t27-/m0/s1. The highest BCUT2D eigenvalue weighted by Crippen LogP contribution is 2.44. The summed E-state index contributed by atoms with van der Waals surface area (Å²) in [5.41, 5.74) is 1.81. The molecule has 0 saturated carbocycles. The van der Waals surface area contributed by atoms with Gasteiger partial charge in [0.2, 0.25) is 0 Å². The van der Waals surface area contributed by atoms with Crippen molar-refractivity contribution in [3.8, 4) is 0 Å². The van der Waals surface area contributed by atoms with Crippen LogP contribution in [-0.4, -0.2) is 21.8 Å². The first-order chi connectivity index (χ1) is 16.5. The fraction of sp³-hybridized carbons (Fsp3) is 0.0741. The molecule has 1 atom stereocenters. The zero-order chi connectivity index (χ0) is 23.4. The van der Waals surface area contributed by atoms with Gasteiger partial charge in [-0.2, -0.15) is 0 Å². The number of anilines is 2. The molecular formula is C27H19FN4O2. The van der Waals surface area contributed by atoms with Crippen molar-refractivity contribution in [2.24, 2.45) is 0 Å². The number of nitrogens with zero attached hydrogens (tertiary/aromatic N) is 2. The fourth-order valence-electron chi connectivity index (χ4n) is 4.70. The molecule has 1 aliphatic heterocycles. The highest BCUT2D eigenvalue weighted by atomic mass is 19.1. The Kier molecular flexibility index (Phi) is 4.29. The molecule has 6 nitrogen and oxygen atoms in total. The number of hydrogen-bond acceptors (Lipinski definition) is 3. The Hall–Kier alpha value is -4.52. The van der Waals surface area contributed by atoms with E-state index in [1.54, 1.807) is 61.7 Å². The third kappa shape index (κ3) is 2.83. The highest BCUT2D eigenvalue weighted by Gasteiger charge is 2.49. The number of para-hydroxylation sites is 3. The molecule has 3 heterocycles. The van der Waals surface area contributed by atoms with Crippen molar-refractivity contribution in [3.63, 3.8) is 0 Å². The van der Waals surface area contributed by atoms with Gasteiger partial charge >= 0.3 is 0 Å². The van der Waals surface area contributed by atoms with Crippen molar-refractivity contribution in [2.45, 2.75) is 12.5 Å². The summed E-state index contributed by atoms with van der Waals surface area (Å²) in [5.74, 6) is -1.46. The zero-order valence-electron chi connectivity index (χ0n) is 18.2. The van der Waals surface area contributed by atoms with Crippen LogP contribution in [0.5, 0.6) is 0 Å². The molecule has 2 amide bonds. The van der Waals surface area contributed by atoms with Crippen molar-refractivity contribution < 1.29 is 14.0 Å². The lowest BCUT2D eigenvalue weighted by molar-refractivity contribution is -0.122. The van der Waals surface area contributed by atoms with Crippen LogP contribution < -0.4 is 10.2 Å². The molecule has 0 aliphatic carbocycles. The van der Waals surface area contributed by atoms with E-state index >= 15 is 0 Å². The van der Waals surface area contributed by atoms with Crippen molar-refractivity contribution in [2.75, 3.05) is 4.90 Å². The second-order valence-electron chi connectivity index (χ2n) is 8.47. The lowest BCUT2D eigenvalue weighted by Gasteiger charge is -2.26. The third-order valence-corrected chi connectivity index (χ3v) is 6.39. The van der Waals surface area contributed by atoms with E-state index in [9.17, 15) is 14.0 Å². The number of nitrogens with one attached hydrogen (secondary N) is 2. The van der Waals surface area contributed by atoms with Gasteiger partial charge in [-0.15, -0.1) is 0 Å². The van der Waals surface area contributed by atoms with Crippen LogP contribution in [0.1, 0.15) is 23.0 Å². The maximum atomic E-state index is 14.6. The molecular weight excluding hydrogens is 431 g/mol.